The van der Waals surface area contributed by atoms with Crippen molar-refractivity contribution in [2.45, 2.75) is 38.1 Å². The minimum absolute atomic E-state index is 0.0590. The zero-order valence-electron chi connectivity index (χ0n) is 14.0. The van der Waals surface area contributed by atoms with E-state index >= 15 is 0 Å². The van der Waals surface area contributed by atoms with E-state index in [9.17, 15) is 14.4 Å². The Morgan fingerprint density at radius 2 is 2.04 bits per heavy atom. The zero-order chi connectivity index (χ0) is 18.0. The van der Waals surface area contributed by atoms with Crippen LogP contribution < -0.4 is 21.9 Å². The van der Waals surface area contributed by atoms with Crippen molar-refractivity contribution in [3.8, 4) is 0 Å². The summed E-state index contributed by atoms with van der Waals surface area (Å²) in [5.41, 5.74) is 0.555. The molecule has 0 aliphatic heterocycles. The molecule has 9 heteroatoms. The average molecular weight is 344 g/mol. The van der Waals surface area contributed by atoms with Gasteiger partial charge in [0, 0.05) is 42.0 Å². The average Bonchev–Trinajstić information content (AvgIpc) is 2.54. The number of rotatable bonds is 5. The molecule has 0 aromatic carbocycles. The van der Waals surface area contributed by atoms with Crippen molar-refractivity contribution in [1.29, 1.82) is 0 Å². The van der Waals surface area contributed by atoms with Crippen LogP contribution in [-0.4, -0.2) is 38.9 Å². The summed E-state index contributed by atoms with van der Waals surface area (Å²) in [6.07, 6.45) is 3.06. The molecule has 1 aliphatic carbocycles. The molecule has 2 heterocycles. The van der Waals surface area contributed by atoms with Crippen LogP contribution in [0.1, 0.15) is 35.7 Å². The van der Waals surface area contributed by atoms with Crippen molar-refractivity contribution in [2.75, 3.05) is 12.4 Å². The van der Waals surface area contributed by atoms with Crippen molar-refractivity contribution in [3.63, 3.8) is 0 Å². The quantitative estimate of drug-likeness (QED) is 0.594. The van der Waals surface area contributed by atoms with Gasteiger partial charge in [0.2, 0.25) is 5.91 Å². The summed E-state index contributed by atoms with van der Waals surface area (Å²) < 4.78 is 0. The SMILES string of the molecule is CNc1cc(C2CC(NC(=O)Cc3c(C)[nH]c(=O)[nH]c3=O)C2)ncn1. The predicted molar refractivity (Wildman–Crippen MR) is 91.6 cm³/mol. The molecule has 0 saturated heterocycles. The highest BCUT2D eigenvalue weighted by atomic mass is 16.2. The van der Waals surface area contributed by atoms with Crippen molar-refractivity contribution >= 4 is 11.7 Å². The lowest BCUT2D eigenvalue weighted by molar-refractivity contribution is -0.121. The Morgan fingerprint density at radius 3 is 2.72 bits per heavy atom. The fourth-order valence-electron chi connectivity index (χ4n) is 2.99. The van der Waals surface area contributed by atoms with Crippen molar-refractivity contribution < 1.29 is 4.79 Å². The van der Waals surface area contributed by atoms with Gasteiger partial charge >= 0.3 is 5.69 Å². The number of aryl methyl sites for hydroxylation is 1. The van der Waals surface area contributed by atoms with Crippen molar-refractivity contribution in [1.82, 2.24) is 25.3 Å². The maximum atomic E-state index is 12.2. The molecule has 1 aliphatic rings. The molecule has 0 unspecified atom stereocenters. The van der Waals surface area contributed by atoms with Gasteiger partial charge in [0.1, 0.15) is 12.1 Å². The molecule has 0 bridgehead atoms. The number of H-pyrrole nitrogens is 2. The molecule has 25 heavy (non-hydrogen) atoms. The van der Waals surface area contributed by atoms with Gasteiger partial charge < -0.3 is 15.6 Å². The maximum Gasteiger partial charge on any atom is 0.325 e. The molecule has 0 atom stereocenters. The summed E-state index contributed by atoms with van der Waals surface area (Å²) >= 11 is 0. The highest BCUT2D eigenvalue weighted by molar-refractivity contribution is 5.79. The maximum absolute atomic E-state index is 12.2. The van der Waals surface area contributed by atoms with Crippen LogP contribution in [0.4, 0.5) is 5.82 Å². The van der Waals surface area contributed by atoms with Crippen LogP contribution in [0.2, 0.25) is 0 Å². The van der Waals surface area contributed by atoms with E-state index in [1.807, 2.05) is 6.07 Å². The van der Waals surface area contributed by atoms with Gasteiger partial charge in [0.05, 0.1) is 6.42 Å². The molecule has 1 fully saturated rings. The standard InChI is InChI=1S/C16H20N6O3/c1-8-11(15(24)22-16(25)20-8)5-14(23)21-10-3-9(4-10)12-6-13(17-2)19-7-18-12/h6-7,9-10H,3-5H2,1-2H3,(H,21,23)(H,17,18,19)(H2,20,22,24,25). The number of aromatic amines is 2. The Bertz CT molecular complexity index is 897. The minimum atomic E-state index is -0.570. The highest BCUT2D eigenvalue weighted by Crippen LogP contribution is 2.36. The lowest BCUT2D eigenvalue weighted by Gasteiger charge is -2.35. The van der Waals surface area contributed by atoms with E-state index in [-0.39, 0.29) is 23.9 Å². The van der Waals surface area contributed by atoms with Crippen LogP contribution in [0.5, 0.6) is 0 Å². The fourth-order valence-corrected chi connectivity index (χ4v) is 2.99. The number of carbonyl (C=O) groups excluding carboxylic acids is 1. The van der Waals surface area contributed by atoms with Gasteiger partial charge in [-0.1, -0.05) is 0 Å². The van der Waals surface area contributed by atoms with Crippen LogP contribution in [-0.2, 0) is 11.2 Å². The third-order valence-electron chi connectivity index (χ3n) is 4.46. The van der Waals surface area contributed by atoms with Gasteiger partial charge in [-0.2, -0.15) is 0 Å². The molecule has 0 radical (unpaired) electrons. The molecule has 0 spiro atoms. The Kier molecular flexibility index (Phi) is 4.64. The fraction of sp³-hybridized carbons (Fsp3) is 0.438. The van der Waals surface area contributed by atoms with Crippen molar-refractivity contribution in [2.24, 2.45) is 0 Å². The van der Waals surface area contributed by atoms with E-state index in [4.69, 9.17) is 0 Å². The van der Waals surface area contributed by atoms with Gasteiger partial charge in [-0.3, -0.25) is 14.6 Å². The largest absolute Gasteiger partial charge is 0.373 e. The minimum Gasteiger partial charge on any atom is -0.373 e. The first-order chi connectivity index (χ1) is 12.0. The normalized spacial score (nSPS) is 19.1. The number of anilines is 1. The number of hydrogen-bond donors (Lipinski definition) is 4. The molecular weight excluding hydrogens is 324 g/mol. The molecular formula is C16H20N6O3. The lowest BCUT2D eigenvalue weighted by Crippen LogP contribution is -2.44. The predicted octanol–water partition coefficient (Wildman–Crippen LogP) is -0.192. The van der Waals surface area contributed by atoms with Gasteiger partial charge in [0.15, 0.2) is 0 Å². The second kappa shape index (κ2) is 6.88. The number of nitrogens with one attached hydrogen (secondary N) is 4. The third kappa shape index (κ3) is 3.76. The molecule has 1 amide bonds. The molecule has 3 rings (SSSR count). The van der Waals surface area contributed by atoms with Crippen LogP contribution in [0.25, 0.3) is 0 Å². The Labute approximate surface area is 143 Å². The third-order valence-corrected chi connectivity index (χ3v) is 4.46. The van der Waals surface area contributed by atoms with E-state index in [0.29, 0.717) is 11.6 Å². The Morgan fingerprint density at radius 1 is 1.28 bits per heavy atom. The van der Waals surface area contributed by atoms with E-state index < -0.39 is 11.2 Å². The van der Waals surface area contributed by atoms with E-state index in [0.717, 1.165) is 24.4 Å². The smallest absolute Gasteiger partial charge is 0.325 e. The molecule has 132 valence electrons. The Hall–Kier alpha value is -2.97. The topological polar surface area (TPSA) is 133 Å². The second-order valence-corrected chi connectivity index (χ2v) is 6.20. The Balaban J connectivity index is 1.56. The molecule has 2 aromatic heterocycles. The van der Waals surface area contributed by atoms with Gasteiger partial charge in [-0.05, 0) is 19.8 Å². The first kappa shape index (κ1) is 16.9. The van der Waals surface area contributed by atoms with Gasteiger partial charge in [0.25, 0.3) is 5.56 Å². The number of hydrogen-bond acceptors (Lipinski definition) is 6. The summed E-state index contributed by atoms with van der Waals surface area (Å²) in [5.74, 6) is 0.826. The van der Waals surface area contributed by atoms with Gasteiger partial charge in [-0.15, -0.1) is 0 Å². The molecule has 2 aromatic rings. The number of carbonyl (C=O) groups is 1. The van der Waals surface area contributed by atoms with Crippen molar-refractivity contribution in [3.05, 3.63) is 50.2 Å². The number of aromatic nitrogens is 4. The molecule has 1 saturated carbocycles. The van der Waals surface area contributed by atoms with Crippen LogP contribution >= 0.6 is 0 Å². The first-order valence-corrected chi connectivity index (χ1v) is 8.07. The van der Waals surface area contributed by atoms with Crippen LogP contribution in [0.3, 0.4) is 0 Å². The van der Waals surface area contributed by atoms with E-state index in [1.54, 1.807) is 14.0 Å². The van der Waals surface area contributed by atoms with E-state index in [2.05, 4.69) is 30.6 Å². The number of amides is 1. The van der Waals surface area contributed by atoms with E-state index in [1.165, 1.54) is 6.33 Å². The first-order valence-electron chi connectivity index (χ1n) is 8.07. The summed E-state index contributed by atoms with van der Waals surface area (Å²) in [4.78, 5) is 48.1. The highest BCUT2D eigenvalue weighted by Gasteiger charge is 2.32. The van der Waals surface area contributed by atoms with Crippen LogP contribution in [0, 0.1) is 6.92 Å². The van der Waals surface area contributed by atoms with Gasteiger partial charge in [-0.25, -0.2) is 14.8 Å². The lowest BCUT2D eigenvalue weighted by atomic mass is 9.78. The summed E-state index contributed by atoms with van der Waals surface area (Å²) in [7, 11) is 1.80. The summed E-state index contributed by atoms with van der Waals surface area (Å²) in [5, 5.41) is 5.90. The molecule has 4 N–H and O–H groups in total. The number of nitrogens with zero attached hydrogens (tertiary/aromatic N) is 2. The monoisotopic (exact) mass is 344 g/mol. The summed E-state index contributed by atoms with van der Waals surface area (Å²) in [6.45, 7) is 1.60. The molecule has 9 nitrogen and oxygen atoms in total. The second-order valence-electron chi connectivity index (χ2n) is 6.20. The zero-order valence-corrected chi connectivity index (χ0v) is 14.0. The summed E-state index contributed by atoms with van der Waals surface area (Å²) in [6, 6.07) is 1.97. The van der Waals surface area contributed by atoms with Crippen LogP contribution in [0.15, 0.2) is 22.0 Å².